The summed E-state index contributed by atoms with van der Waals surface area (Å²) in [4.78, 5) is 14.5. The summed E-state index contributed by atoms with van der Waals surface area (Å²) in [6.07, 6.45) is -3.29. The molecule has 1 rings (SSSR count). The molecule has 0 aromatic carbocycles. The molecule has 1 aromatic heterocycles. The normalized spacial score (nSPS) is 10.6. The minimum absolute atomic E-state index is 0.0220. The van der Waals surface area contributed by atoms with E-state index in [1.165, 1.54) is 0 Å². The van der Waals surface area contributed by atoms with Crippen LogP contribution in [0.2, 0.25) is 0 Å². The first-order valence-corrected chi connectivity index (χ1v) is 4.87. The number of ether oxygens (including phenoxy) is 1. The Morgan fingerprint density at radius 1 is 1.65 bits per heavy atom. The summed E-state index contributed by atoms with van der Waals surface area (Å²) in [5.74, 6) is -1.53. The fraction of sp³-hybridized carbons (Fsp3) is 0.400. The summed E-state index contributed by atoms with van der Waals surface area (Å²) in [6.45, 7) is 1.78. The van der Waals surface area contributed by atoms with Gasteiger partial charge in [0.05, 0.1) is 13.0 Å². The molecule has 0 radical (unpaired) electrons. The Bertz CT molecular complexity index is 424. The highest BCUT2D eigenvalue weighted by Crippen LogP contribution is 2.31. The molecule has 0 atom stereocenters. The second-order valence-electron chi connectivity index (χ2n) is 3.22. The number of pyridine rings is 1. The highest BCUT2D eigenvalue weighted by Gasteiger charge is 2.20. The summed E-state index contributed by atoms with van der Waals surface area (Å²) in [6, 6.07) is 1.16. The zero-order chi connectivity index (χ0) is 13.0. The Morgan fingerprint density at radius 3 is 2.82 bits per heavy atom. The van der Waals surface area contributed by atoms with Crippen molar-refractivity contribution in [2.45, 2.75) is 19.8 Å². The van der Waals surface area contributed by atoms with E-state index in [0.717, 1.165) is 6.07 Å². The fourth-order valence-electron chi connectivity index (χ4n) is 1.29. The van der Waals surface area contributed by atoms with Crippen LogP contribution in [0.3, 0.4) is 0 Å². The fourth-order valence-corrected chi connectivity index (χ4v) is 1.29. The largest absolute Gasteiger partial charge is 0.506 e. The van der Waals surface area contributed by atoms with Crippen molar-refractivity contribution in [2.75, 3.05) is 12.3 Å². The Hall–Kier alpha value is -1.92. The van der Waals surface area contributed by atoms with Gasteiger partial charge in [0.15, 0.2) is 5.69 Å². The number of hydrogen-bond acceptors (Lipinski definition) is 5. The Labute approximate surface area is 96.2 Å². The van der Waals surface area contributed by atoms with Crippen LogP contribution >= 0.6 is 0 Å². The van der Waals surface area contributed by atoms with Crippen LogP contribution in [0.25, 0.3) is 0 Å². The summed E-state index contributed by atoms with van der Waals surface area (Å²) >= 11 is 0. The highest BCUT2D eigenvalue weighted by molar-refractivity contribution is 5.74. The number of nitrogen functional groups attached to an aromatic ring is 1. The van der Waals surface area contributed by atoms with Crippen molar-refractivity contribution in [3.05, 3.63) is 17.3 Å². The Kier molecular flexibility index (Phi) is 4.19. The molecule has 5 nitrogen and oxygen atoms in total. The number of rotatable bonds is 4. The number of carbonyl (C=O) groups excluding carboxylic acids is 1. The van der Waals surface area contributed by atoms with Crippen LogP contribution in [0.4, 0.5) is 14.6 Å². The molecule has 0 amide bonds. The number of halogens is 2. The molecule has 0 saturated carbocycles. The average molecular weight is 246 g/mol. The van der Waals surface area contributed by atoms with Gasteiger partial charge in [-0.05, 0) is 13.0 Å². The van der Waals surface area contributed by atoms with Crippen molar-refractivity contribution >= 4 is 11.8 Å². The second kappa shape index (κ2) is 5.42. The van der Waals surface area contributed by atoms with E-state index in [2.05, 4.69) is 9.72 Å². The third kappa shape index (κ3) is 3.27. The molecule has 0 spiro atoms. The molecular weight excluding hydrogens is 234 g/mol. The summed E-state index contributed by atoms with van der Waals surface area (Å²) in [7, 11) is 0. The van der Waals surface area contributed by atoms with Crippen LogP contribution in [0.5, 0.6) is 5.75 Å². The number of aromatic hydroxyl groups is 1. The molecule has 0 saturated heterocycles. The zero-order valence-corrected chi connectivity index (χ0v) is 9.11. The minimum atomic E-state index is -2.96. The number of aromatic nitrogens is 1. The lowest BCUT2D eigenvalue weighted by Gasteiger charge is -2.09. The van der Waals surface area contributed by atoms with Gasteiger partial charge < -0.3 is 15.6 Å². The molecule has 94 valence electrons. The van der Waals surface area contributed by atoms with Crippen LogP contribution in [0.1, 0.15) is 24.6 Å². The average Bonchev–Trinajstić information content (AvgIpc) is 2.22. The van der Waals surface area contributed by atoms with Crippen molar-refractivity contribution in [3.63, 3.8) is 0 Å². The Balaban J connectivity index is 3.03. The van der Waals surface area contributed by atoms with Gasteiger partial charge in [0.2, 0.25) is 0 Å². The number of nitrogens with two attached hydrogens (primary N) is 1. The van der Waals surface area contributed by atoms with E-state index >= 15 is 0 Å². The van der Waals surface area contributed by atoms with Gasteiger partial charge in [0, 0.05) is 5.56 Å². The van der Waals surface area contributed by atoms with E-state index in [-0.39, 0.29) is 24.4 Å². The number of nitrogens with zero attached hydrogens (tertiary/aromatic N) is 1. The first-order valence-electron chi connectivity index (χ1n) is 4.87. The molecule has 0 aliphatic heterocycles. The topological polar surface area (TPSA) is 85.4 Å². The number of anilines is 1. The third-order valence-corrected chi connectivity index (χ3v) is 1.97. The van der Waals surface area contributed by atoms with Crippen LogP contribution < -0.4 is 5.73 Å². The van der Waals surface area contributed by atoms with E-state index in [1.54, 1.807) is 6.92 Å². The molecule has 1 aromatic rings. The predicted octanol–water partition coefficient (Wildman–Crippen LogP) is 1.41. The van der Waals surface area contributed by atoms with E-state index in [0.29, 0.717) is 0 Å². The summed E-state index contributed by atoms with van der Waals surface area (Å²) in [5, 5.41) is 9.49. The highest BCUT2D eigenvalue weighted by atomic mass is 19.3. The molecular formula is C10H12F2N2O3. The van der Waals surface area contributed by atoms with Crippen LogP contribution in [-0.2, 0) is 16.0 Å². The van der Waals surface area contributed by atoms with Gasteiger partial charge in [-0.2, -0.15) is 0 Å². The minimum Gasteiger partial charge on any atom is -0.506 e. The van der Waals surface area contributed by atoms with Gasteiger partial charge in [-0.1, -0.05) is 0 Å². The first-order chi connectivity index (χ1) is 7.95. The van der Waals surface area contributed by atoms with Crippen molar-refractivity contribution < 1.29 is 23.4 Å². The van der Waals surface area contributed by atoms with Crippen molar-refractivity contribution in [3.8, 4) is 5.75 Å². The van der Waals surface area contributed by atoms with Gasteiger partial charge in [0.1, 0.15) is 11.6 Å². The zero-order valence-electron chi connectivity index (χ0n) is 9.11. The monoisotopic (exact) mass is 246 g/mol. The lowest BCUT2D eigenvalue weighted by atomic mass is 10.1. The van der Waals surface area contributed by atoms with Gasteiger partial charge >= 0.3 is 5.97 Å². The van der Waals surface area contributed by atoms with Crippen molar-refractivity contribution in [2.24, 2.45) is 0 Å². The van der Waals surface area contributed by atoms with E-state index in [1.807, 2.05) is 0 Å². The molecule has 0 bridgehead atoms. The molecule has 17 heavy (non-hydrogen) atoms. The molecule has 0 aliphatic carbocycles. The lowest BCUT2D eigenvalue weighted by molar-refractivity contribution is -0.142. The smallest absolute Gasteiger partial charge is 0.310 e. The quantitative estimate of drug-likeness (QED) is 0.784. The third-order valence-electron chi connectivity index (χ3n) is 1.97. The second-order valence-corrected chi connectivity index (χ2v) is 3.22. The summed E-state index contributed by atoms with van der Waals surface area (Å²) < 4.78 is 29.6. The van der Waals surface area contributed by atoms with Gasteiger partial charge in [0.25, 0.3) is 6.43 Å². The maximum absolute atomic E-state index is 12.5. The van der Waals surface area contributed by atoms with Gasteiger partial charge in [-0.25, -0.2) is 13.8 Å². The van der Waals surface area contributed by atoms with Crippen LogP contribution in [-0.4, -0.2) is 22.7 Å². The van der Waals surface area contributed by atoms with Crippen molar-refractivity contribution in [1.82, 2.24) is 4.98 Å². The number of hydrogen-bond donors (Lipinski definition) is 2. The van der Waals surface area contributed by atoms with E-state index in [9.17, 15) is 18.7 Å². The first kappa shape index (κ1) is 13.1. The van der Waals surface area contributed by atoms with Gasteiger partial charge in [-0.15, -0.1) is 0 Å². The van der Waals surface area contributed by atoms with Crippen LogP contribution in [0, 0.1) is 0 Å². The predicted molar refractivity (Wildman–Crippen MR) is 55.6 cm³/mol. The van der Waals surface area contributed by atoms with Gasteiger partial charge in [-0.3, -0.25) is 4.79 Å². The maximum Gasteiger partial charge on any atom is 0.310 e. The van der Waals surface area contributed by atoms with E-state index < -0.39 is 23.8 Å². The number of carbonyl (C=O) groups is 1. The lowest BCUT2D eigenvalue weighted by Crippen LogP contribution is -2.09. The molecule has 0 unspecified atom stereocenters. The molecule has 3 N–H and O–H groups in total. The standard InChI is InChI=1S/C10H12F2N2O3/c1-2-17-7(15)4-5-3-6(13)14-8(9(5)16)10(11)12/h3,10,16H,2,4H2,1H3,(H2,13,14). The molecule has 0 aliphatic rings. The Morgan fingerprint density at radius 2 is 2.29 bits per heavy atom. The SMILES string of the molecule is CCOC(=O)Cc1cc(N)nc(C(F)F)c1O. The van der Waals surface area contributed by atoms with Crippen molar-refractivity contribution in [1.29, 1.82) is 0 Å². The molecule has 7 heteroatoms. The molecule has 1 heterocycles. The van der Waals surface area contributed by atoms with E-state index in [4.69, 9.17) is 5.73 Å². The molecule has 0 fully saturated rings. The summed E-state index contributed by atoms with van der Waals surface area (Å²) in [5.41, 5.74) is 4.46. The number of alkyl halides is 2. The van der Waals surface area contributed by atoms with Crippen LogP contribution in [0.15, 0.2) is 6.07 Å². The number of esters is 1. The maximum atomic E-state index is 12.5.